The lowest BCUT2D eigenvalue weighted by Crippen LogP contribution is -2.46. The van der Waals surface area contributed by atoms with Gasteiger partial charge in [-0.25, -0.2) is 14.4 Å². The van der Waals surface area contributed by atoms with Crippen molar-refractivity contribution in [1.29, 1.82) is 0 Å². The number of amides is 1. The second kappa shape index (κ2) is 7.44. The minimum Gasteiger partial charge on any atom is -0.473 e. The number of carboxylic acid groups (broad SMARTS) is 3. The molecular weight excluding hydrogens is 232 g/mol. The van der Waals surface area contributed by atoms with Gasteiger partial charge in [0.05, 0.1) is 0 Å². The van der Waals surface area contributed by atoms with Gasteiger partial charge in [-0.1, -0.05) is 0 Å². The summed E-state index contributed by atoms with van der Waals surface area (Å²) < 4.78 is 0. The molecule has 0 bridgehead atoms. The number of rotatable bonds is 1. The number of nitrogens with zero attached hydrogens (tertiary/aromatic N) is 1. The summed E-state index contributed by atoms with van der Waals surface area (Å²) in [5, 5.41) is 26.6. The molecule has 0 aromatic heterocycles. The number of hydrogen-bond donors (Lipinski definition) is 4. The van der Waals surface area contributed by atoms with Crippen molar-refractivity contribution >= 4 is 18.0 Å². The Morgan fingerprint density at radius 2 is 1.71 bits per heavy atom. The van der Waals surface area contributed by atoms with Gasteiger partial charge >= 0.3 is 18.0 Å². The highest BCUT2D eigenvalue weighted by Gasteiger charge is 2.20. The molecule has 1 saturated heterocycles. The van der Waals surface area contributed by atoms with Gasteiger partial charge in [-0.3, -0.25) is 0 Å². The summed E-state index contributed by atoms with van der Waals surface area (Å²) in [6.45, 7) is 1.81. The molecule has 8 nitrogen and oxygen atoms in total. The Balaban J connectivity index is 0.000000366. The lowest BCUT2D eigenvalue weighted by molar-refractivity contribution is -0.159. The van der Waals surface area contributed by atoms with Crippen molar-refractivity contribution in [1.82, 2.24) is 10.2 Å². The average Bonchev–Trinajstić information content (AvgIpc) is 2.29. The maximum absolute atomic E-state index is 10.5. The lowest BCUT2D eigenvalue weighted by atomic mass is 10.1. The summed E-state index contributed by atoms with van der Waals surface area (Å²) in [5.74, 6) is -3.65. The maximum Gasteiger partial charge on any atom is 0.414 e. The third-order valence-electron chi connectivity index (χ3n) is 2.30. The van der Waals surface area contributed by atoms with Gasteiger partial charge in [-0.2, -0.15) is 0 Å². The third kappa shape index (κ3) is 6.36. The van der Waals surface area contributed by atoms with E-state index in [1.807, 2.05) is 0 Å². The fourth-order valence-electron chi connectivity index (χ4n) is 1.32. The Bertz CT molecular complexity index is 275. The molecule has 1 atom stereocenters. The smallest absolute Gasteiger partial charge is 0.414 e. The van der Waals surface area contributed by atoms with E-state index in [-0.39, 0.29) is 6.04 Å². The number of nitrogens with one attached hydrogen (secondary N) is 1. The second-order valence-electron chi connectivity index (χ2n) is 3.50. The van der Waals surface area contributed by atoms with Gasteiger partial charge in [0.2, 0.25) is 0 Å². The van der Waals surface area contributed by atoms with E-state index in [1.54, 1.807) is 7.05 Å². The molecule has 8 heteroatoms. The second-order valence-corrected chi connectivity index (χ2v) is 3.50. The molecule has 0 aliphatic carbocycles. The van der Waals surface area contributed by atoms with Crippen molar-refractivity contribution in [3.05, 3.63) is 0 Å². The van der Waals surface area contributed by atoms with Gasteiger partial charge < -0.3 is 25.5 Å². The van der Waals surface area contributed by atoms with Gasteiger partial charge in [0.25, 0.3) is 0 Å². The van der Waals surface area contributed by atoms with E-state index in [1.165, 1.54) is 4.90 Å². The van der Waals surface area contributed by atoms with E-state index >= 15 is 0 Å². The van der Waals surface area contributed by atoms with E-state index in [4.69, 9.17) is 24.9 Å². The molecule has 17 heavy (non-hydrogen) atoms. The Morgan fingerprint density at radius 1 is 1.18 bits per heavy atom. The molecule has 1 aliphatic heterocycles. The normalized spacial score (nSPS) is 18.5. The highest BCUT2D eigenvalue weighted by molar-refractivity contribution is 6.27. The minimum atomic E-state index is -1.82. The molecule has 1 rings (SSSR count). The van der Waals surface area contributed by atoms with Crippen LogP contribution in [-0.4, -0.2) is 64.4 Å². The largest absolute Gasteiger partial charge is 0.473 e. The van der Waals surface area contributed by atoms with E-state index in [0.717, 1.165) is 25.9 Å². The van der Waals surface area contributed by atoms with Crippen LogP contribution in [0.5, 0.6) is 0 Å². The molecule has 0 saturated carbocycles. The average molecular weight is 248 g/mol. The van der Waals surface area contributed by atoms with Crippen LogP contribution in [0.25, 0.3) is 0 Å². The van der Waals surface area contributed by atoms with Crippen molar-refractivity contribution in [2.45, 2.75) is 18.9 Å². The zero-order valence-electron chi connectivity index (χ0n) is 9.42. The SMILES string of the molecule is CN(C(=O)O)[C@@H]1CCCNC1.O=C(O)C(=O)O. The van der Waals surface area contributed by atoms with E-state index < -0.39 is 18.0 Å². The summed E-state index contributed by atoms with van der Waals surface area (Å²) in [6, 6.07) is 0.168. The number of carboxylic acids is 2. The predicted molar refractivity (Wildman–Crippen MR) is 57.0 cm³/mol. The first-order valence-corrected chi connectivity index (χ1v) is 4.99. The topological polar surface area (TPSA) is 127 Å². The molecule has 1 aliphatic rings. The van der Waals surface area contributed by atoms with Gasteiger partial charge in [0, 0.05) is 19.6 Å². The molecule has 0 unspecified atom stereocenters. The quantitative estimate of drug-likeness (QED) is 0.461. The van der Waals surface area contributed by atoms with Crippen molar-refractivity contribution in [2.24, 2.45) is 0 Å². The molecule has 0 spiro atoms. The molecule has 4 N–H and O–H groups in total. The fraction of sp³-hybridized carbons (Fsp3) is 0.667. The molecule has 1 fully saturated rings. The monoisotopic (exact) mass is 248 g/mol. The zero-order valence-corrected chi connectivity index (χ0v) is 9.42. The van der Waals surface area contributed by atoms with Crippen molar-refractivity contribution < 1.29 is 29.7 Å². The summed E-state index contributed by atoms with van der Waals surface area (Å²) in [7, 11) is 1.62. The van der Waals surface area contributed by atoms with Gasteiger partial charge in [-0.15, -0.1) is 0 Å². The number of piperidine rings is 1. The first kappa shape index (κ1) is 15.2. The number of carbonyl (C=O) groups is 3. The molecule has 0 aromatic rings. The zero-order chi connectivity index (χ0) is 13.4. The van der Waals surface area contributed by atoms with Crippen LogP contribution < -0.4 is 5.32 Å². The predicted octanol–water partition coefficient (Wildman–Crippen LogP) is -0.496. The highest BCUT2D eigenvalue weighted by Crippen LogP contribution is 2.07. The Kier molecular flexibility index (Phi) is 6.64. The minimum absolute atomic E-state index is 0.168. The van der Waals surface area contributed by atoms with Crippen LogP contribution in [0.2, 0.25) is 0 Å². The third-order valence-corrected chi connectivity index (χ3v) is 2.30. The van der Waals surface area contributed by atoms with Crippen LogP contribution >= 0.6 is 0 Å². The number of likely N-dealkylation sites (N-methyl/N-ethyl adjacent to an activating group) is 1. The number of aliphatic carboxylic acids is 2. The standard InChI is InChI=1S/C7H14N2O2.C2H2O4/c1-9(7(10)11)6-3-2-4-8-5-6;3-1(4)2(5)6/h6,8H,2-5H2,1H3,(H,10,11);(H,3,4)(H,5,6)/t6-;/m1./s1. The summed E-state index contributed by atoms with van der Waals surface area (Å²) in [4.78, 5) is 30.1. The molecule has 98 valence electrons. The maximum atomic E-state index is 10.5. The first-order valence-electron chi connectivity index (χ1n) is 4.99. The molecule has 0 aromatic carbocycles. The first-order chi connectivity index (χ1) is 7.86. The Morgan fingerprint density at radius 3 is 2.00 bits per heavy atom. The summed E-state index contributed by atoms with van der Waals surface area (Å²) >= 11 is 0. The summed E-state index contributed by atoms with van der Waals surface area (Å²) in [5.41, 5.74) is 0. The van der Waals surface area contributed by atoms with Gasteiger partial charge in [0.15, 0.2) is 0 Å². The fourth-order valence-corrected chi connectivity index (χ4v) is 1.32. The van der Waals surface area contributed by atoms with Crippen LogP contribution in [0.15, 0.2) is 0 Å². The van der Waals surface area contributed by atoms with E-state index in [9.17, 15) is 4.79 Å². The molecular formula is C9H16N2O6. The van der Waals surface area contributed by atoms with Crippen molar-refractivity contribution in [3.8, 4) is 0 Å². The molecule has 0 radical (unpaired) electrons. The van der Waals surface area contributed by atoms with Crippen LogP contribution in [0.1, 0.15) is 12.8 Å². The van der Waals surface area contributed by atoms with Crippen LogP contribution in [-0.2, 0) is 9.59 Å². The van der Waals surface area contributed by atoms with Gasteiger partial charge in [0.1, 0.15) is 0 Å². The Labute approximate surface area is 97.8 Å². The Hall–Kier alpha value is -1.83. The van der Waals surface area contributed by atoms with E-state index in [0.29, 0.717) is 0 Å². The van der Waals surface area contributed by atoms with E-state index in [2.05, 4.69) is 5.32 Å². The van der Waals surface area contributed by atoms with Crippen LogP contribution in [0, 0.1) is 0 Å². The van der Waals surface area contributed by atoms with Crippen molar-refractivity contribution in [2.75, 3.05) is 20.1 Å². The van der Waals surface area contributed by atoms with Crippen LogP contribution in [0.3, 0.4) is 0 Å². The molecule has 1 amide bonds. The molecule has 1 heterocycles. The van der Waals surface area contributed by atoms with Gasteiger partial charge in [-0.05, 0) is 19.4 Å². The van der Waals surface area contributed by atoms with Crippen molar-refractivity contribution in [3.63, 3.8) is 0 Å². The highest BCUT2D eigenvalue weighted by atomic mass is 16.4. The van der Waals surface area contributed by atoms with Crippen LogP contribution in [0.4, 0.5) is 4.79 Å². The lowest BCUT2D eigenvalue weighted by Gasteiger charge is -2.29. The number of hydrogen-bond acceptors (Lipinski definition) is 4. The summed E-state index contributed by atoms with van der Waals surface area (Å²) in [6.07, 6.45) is 1.22.